The van der Waals surface area contributed by atoms with Crippen LogP contribution in [0.2, 0.25) is 0 Å². The van der Waals surface area contributed by atoms with Gasteiger partial charge in [0.1, 0.15) is 0 Å². The highest BCUT2D eigenvalue weighted by Crippen LogP contribution is 2.13. The summed E-state index contributed by atoms with van der Waals surface area (Å²) in [6, 6.07) is 0. The van der Waals surface area contributed by atoms with E-state index >= 15 is 0 Å². The molecule has 15 heavy (non-hydrogen) atoms. The fourth-order valence-electron chi connectivity index (χ4n) is 1.61. The third-order valence-electron chi connectivity index (χ3n) is 2.61. The molecule has 0 aliphatic rings. The topological polar surface area (TPSA) is 29.5 Å². The van der Waals surface area contributed by atoms with Gasteiger partial charge in [-0.05, 0) is 25.2 Å². The number of aliphatic hydroxyl groups is 1. The van der Waals surface area contributed by atoms with Gasteiger partial charge in [0.05, 0.1) is 12.2 Å². The lowest BCUT2D eigenvalue weighted by Gasteiger charge is -2.23. The largest absolute Gasteiger partial charge is 0.390 e. The van der Waals surface area contributed by atoms with E-state index in [1.54, 1.807) is 0 Å². The third kappa shape index (κ3) is 7.80. The maximum absolute atomic E-state index is 9.88. The Kier molecular flexibility index (Phi) is 9.12. The predicted molar refractivity (Wildman–Crippen MR) is 65.0 cm³/mol. The molecule has 0 aliphatic carbocycles. The van der Waals surface area contributed by atoms with Crippen LogP contribution in [0, 0.1) is 5.92 Å². The molecule has 2 heteroatoms. The Labute approximate surface area is 95.0 Å². The van der Waals surface area contributed by atoms with Gasteiger partial charge in [-0.25, -0.2) is 0 Å². The quantitative estimate of drug-likeness (QED) is 0.640. The number of ether oxygens (including phenoxy) is 1. The molecule has 0 bridgehead atoms. The van der Waals surface area contributed by atoms with Gasteiger partial charge in [-0.1, -0.05) is 40.5 Å². The van der Waals surface area contributed by atoms with Crippen LogP contribution in [0.4, 0.5) is 0 Å². The zero-order valence-electron chi connectivity index (χ0n) is 10.8. The maximum atomic E-state index is 9.88. The first kappa shape index (κ1) is 14.9. The first-order valence-corrected chi connectivity index (χ1v) is 6.41. The lowest BCUT2D eigenvalue weighted by molar-refractivity contribution is -0.0476. The molecule has 2 unspecified atom stereocenters. The van der Waals surface area contributed by atoms with Gasteiger partial charge >= 0.3 is 0 Å². The molecular formula is C13H28O2. The van der Waals surface area contributed by atoms with Crippen molar-refractivity contribution in [3.8, 4) is 0 Å². The Morgan fingerprint density at radius 2 is 1.60 bits per heavy atom. The van der Waals surface area contributed by atoms with Crippen LogP contribution < -0.4 is 0 Å². The van der Waals surface area contributed by atoms with E-state index in [-0.39, 0.29) is 12.2 Å². The van der Waals surface area contributed by atoms with Crippen molar-refractivity contribution in [2.75, 3.05) is 6.61 Å². The normalized spacial score (nSPS) is 15.6. The fourth-order valence-corrected chi connectivity index (χ4v) is 1.61. The van der Waals surface area contributed by atoms with Crippen molar-refractivity contribution in [3.63, 3.8) is 0 Å². The summed E-state index contributed by atoms with van der Waals surface area (Å²) in [5, 5.41) is 9.88. The second-order valence-corrected chi connectivity index (χ2v) is 4.74. The number of aliphatic hydroxyl groups excluding tert-OH is 1. The highest BCUT2D eigenvalue weighted by Gasteiger charge is 2.17. The molecule has 0 aromatic heterocycles. The van der Waals surface area contributed by atoms with Crippen molar-refractivity contribution in [3.05, 3.63) is 0 Å². The zero-order valence-corrected chi connectivity index (χ0v) is 10.8. The molecule has 0 aromatic rings. The van der Waals surface area contributed by atoms with Gasteiger partial charge in [-0.2, -0.15) is 0 Å². The van der Waals surface area contributed by atoms with Crippen LogP contribution in [0.3, 0.4) is 0 Å². The highest BCUT2D eigenvalue weighted by molar-refractivity contribution is 4.68. The van der Waals surface area contributed by atoms with E-state index in [1.165, 1.54) is 0 Å². The van der Waals surface area contributed by atoms with Gasteiger partial charge < -0.3 is 9.84 Å². The van der Waals surface area contributed by atoms with Crippen molar-refractivity contribution < 1.29 is 9.84 Å². The summed E-state index contributed by atoms with van der Waals surface area (Å²) >= 11 is 0. The summed E-state index contributed by atoms with van der Waals surface area (Å²) in [5.41, 5.74) is 0. The second-order valence-electron chi connectivity index (χ2n) is 4.74. The van der Waals surface area contributed by atoms with Crippen molar-refractivity contribution in [1.82, 2.24) is 0 Å². The molecule has 1 N–H and O–H groups in total. The second kappa shape index (κ2) is 9.17. The Bertz CT molecular complexity index is 134. The molecule has 0 amide bonds. The average molecular weight is 216 g/mol. The van der Waals surface area contributed by atoms with Crippen LogP contribution in [0.1, 0.15) is 59.8 Å². The van der Waals surface area contributed by atoms with Crippen LogP contribution in [0.25, 0.3) is 0 Å². The predicted octanol–water partition coefficient (Wildman–Crippen LogP) is 3.38. The molecule has 0 saturated carbocycles. The summed E-state index contributed by atoms with van der Waals surface area (Å²) in [4.78, 5) is 0. The van der Waals surface area contributed by atoms with E-state index in [0.29, 0.717) is 5.92 Å². The summed E-state index contributed by atoms with van der Waals surface area (Å²) < 4.78 is 5.76. The van der Waals surface area contributed by atoms with E-state index in [1.807, 2.05) is 0 Å². The van der Waals surface area contributed by atoms with E-state index in [2.05, 4.69) is 27.7 Å². The minimum Gasteiger partial charge on any atom is -0.390 e. The Morgan fingerprint density at radius 3 is 2.07 bits per heavy atom. The van der Waals surface area contributed by atoms with Crippen LogP contribution in [-0.4, -0.2) is 23.9 Å². The van der Waals surface area contributed by atoms with E-state index < -0.39 is 0 Å². The van der Waals surface area contributed by atoms with Gasteiger partial charge in [-0.3, -0.25) is 0 Å². The molecule has 0 radical (unpaired) electrons. The van der Waals surface area contributed by atoms with Crippen molar-refractivity contribution in [2.45, 2.75) is 72.0 Å². The summed E-state index contributed by atoms with van der Waals surface area (Å²) in [7, 11) is 0. The lowest BCUT2D eigenvalue weighted by atomic mass is 10.0. The molecule has 0 aromatic carbocycles. The number of hydrogen-bond donors (Lipinski definition) is 1. The summed E-state index contributed by atoms with van der Waals surface area (Å²) in [5.74, 6) is 0.676. The monoisotopic (exact) mass is 216 g/mol. The Morgan fingerprint density at radius 1 is 1.00 bits per heavy atom. The van der Waals surface area contributed by atoms with Gasteiger partial charge in [0.25, 0.3) is 0 Å². The van der Waals surface area contributed by atoms with Crippen LogP contribution in [0.5, 0.6) is 0 Å². The molecule has 0 aliphatic heterocycles. The van der Waals surface area contributed by atoms with Gasteiger partial charge in [0.2, 0.25) is 0 Å². The smallest absolute Gasteiger partial charge is 0.0833 e. The molecule has 0 spiro atoms. The first-order chi connectivity index (χ1) is 7.11. The van der Waals surface area contributed by atoms with Crippen molar-refractivity contribution in [1.29, 1.82) is 0 Å². The minimum atomic E-state index is -0.276. The van der Waals surface area contributed by atoms with E-state index in [4.69, 9.17) is 4.74 Å². The zero-order chi connectivity index (χ0) is 11.7. The van der Waals surface area contributed by atoms with Gasteiger partial charge in [0, 0.05) is 6.61 Å². The van der Waals surface area contributed by atoms with Crippen LogP contribution in [0.15, 0.2) is 0 Å². The molecule has 0 heterocycles. The molecule has 2 nitrogen and oxygen atoms in total. The lowest BCUT2D eigenvalue weighted by Crippen LogP contribution is -2.29. The number of hydrogen-bond acceptors (Lipinski definition) is 2. The highest BCUT2D eigenvalue weighted by atomic mass is 16.5. The SMILES string of the molecule is CCCC(O)C(CCC)OCCC(C)C. The standard InChI is InChI=1S/C13H28O2/c1-5-7-12(14)13(8-6-2)15-10-9-11(3)4/h11-14H,5-10H2,1-4H3. The summed E-state index contributed by atoms with van der Waals surface area (Å²) in [6.07, 6.45) is 4.78. The maximum Gasteiger partial charge on any atom is 0.0833 e. The molecule has 0 saturated heterocycles. The Balaban J connectivity index is 3.81. The third-order valence-corrected chi connectivity index (χ3v) is 2.61. The molecule has 0 fully saturated rings. The molecule has 92 valence electrons. The molecule has 0 rings (SSSR count). The summed E-state index contributed by atoms with van der Waals surface area (Å²) in [6.45, 7) is 9.40. The van der Waals surface area contributed by atoms with Gasteiger partial charge in [-0.15, -0.1) is 0 Å². The van der Waals surface area contributed by atoms with E-state index in [9.17, 15) is 5.11 Å². The van der Waals surface area contributed by atoms with Crippen molar-refractivity contribution in [2.24, 2.45) is 5.92 Å². The molecular weight excluding hydrogens is 188 g/mol. The average Bonchev–Trinajstić information content (AvgIpc) is 2.16. The number of rotatable bonds is 9. The van der Waals surface area contributed by atoms with Crippen molar-refractivity contribution >= 4 is 0 Å². The first-order valence-electron chi connectivity index (χ1n) is 6.41. The van der Waals surface area contributed by atoms with Gasteiger partial charge in [0.15, 0.2) is 0 Å². The molecule has 2 atom stereocenters. The fraction of sp³-hybridized carbons (Fsp3) is 1.00. The minimum absolute atomic E-state index is 0.0497. The van der Waals surface area contributed by atoms with Crippen LogP contribution >= 0.6 is 0 Å². The van der Waals surface area contributed by atoms with E-state index in [0.717, 1.165) is 38.7 Å². The van der Waals surface area contributed by atoms with Crippen LogP contribution in [-0.2, 0) is 4.74 Å². The Hall–Kier alpha value is -0.0800.